The topological polar surface area (TPSA) is 34.5 Å². The molecular weight excluding hydrogens is 114 g/mol. The second-order valence-electron chi connectivity index (χ2n) is 1.90. The monoisotopic (exact) mass is 120 g/mol. The van der Waals surface area contributed by atoms with Crippen molar-refractivity contribution in [1.29, 1.82) is 0 Å². The standard InChI is InChI=1S/C7H6NO/c1-2-4-6(5-3-1)7-8-9-7/h1-5,8H. The van der Waals surface area contributed by atoms with Crippen LogP contribution in [0.15, 0.2) is 30.3 Å². The highest BCUT2D eigenvalue weighted by Crippen LogP contribution is 2.20. The number of nitrogens with one attached hydrogen (secondary N) is 1. The third kappa shape index (κ3) is 0.943. The Labute approximate surface area is 53.4 Å². The molecule has 0 unspecified atom stereocenters. The van der Waals surface area contributed by atoms with Crippen LogP contribution in [0.25, 0.3) is 0 Å². The molecule has 0 bridgehead atoms. The van der Waals surface area contributed by atoms with Crippen LogP contribution in [0, 0.1) is 6.23 Å². The van der Waals surface area contributed by atoms with E-state index in [4.69, 9.17) is 4.84 Å². The Hall–Kier alpha value is -0.860. The molecule has 2 rings (SSSR count). The van der Waals surface area contributed by atoms with Gasteiger partial charge in [0.2, 0.25) is 6.23 Å². The molecule has 45 valence electrons. The fourth-order valence-corrected chi connectivity index (χ4v) is 0.733. The Morgan fingerprint density at radius 1 is 1.11 bits per heavy atom. The average Bonchev–Trinajstić information content (AvgIpc) is 2.71. The Kier molecular flexibility index (Phi) is 1.01. The van der Waals surface area contributed by atoms with Gasteiger partial charge >= 0.3 is 0 Å². The van der Waals surface area contributed by atoms with E-state index in [0.29, 0.717) is 0 Å². The highest BCUT2D eigenvalue weighted by molar-refractivity contribution is 5.28. The first-order valence-electron chi connectivity index (χ1n) is 2.82. The molecule has 1 heterocycles. The molecular formula is C7H6NO. The average molecular weight is 120 g/mol. The van der Waals surface area contributed by atoms with Crippen molar-refractivity contribution >= 4 is 0 Å². The van der Waals surface area contributed by atoms with Crippen LogP contribution in [0.1, 0.15) is 5.56 Å². The summed E-state index contributed by atoms with van der Waals surface area (Å²) in [5.41, 5.74) is 3.78. The van der Waals surface area contributed by atoms with Gasteiger partial charge in [0.1, 0.15) is 0 Å². The van der Waals surface area contributed by atoms with E-state index in [0.717, 1.165) is 11.8 Å². The lowest BCUT2D eigenvalue weighted by Crippen LogP contribution is -1.81. The Bertz CT molecular complexity index is 193. The van der Waals surface area contributed by atoms with Crippen LogP contribution in [-0.2, 0) is 4.84 Å². The third-order valence-corrected chi connectivity index (χ3v) is 1.24. The predicted octanol–water partition coefficient (Wildman–Crippen LogP) is 1.06. The van der Waals surface area contributed by atoms with Crippen LogP contribution in [-0.4, -0.2) is 0 Å². The molecule has 1 fully saturated rings. The van der Waals surface area contributed by atoms with Gasteiger partial charge in [0, 0.05) is 5.56 Å². The number of hydrogen-bond donors (Lipinski definition) is 1. The lowest BCUT2D eigenvalue weighted by Gasteiger charge is -1.86. The maximum absolute atomic E-state index is 4.76. The summed E-state index contributed by atoms with van der Waals surface area (Å²) in [6.07, 6.45) is 0.871. The fraction of sp³-hybridized carbons (Fsp3) is 0. The number of rotatable bonds is 1. The first kappa shape index (κ1) is 4.97. The van der Waals surface area contributed by atoms with E-state index in [-0.39, 0.29) is 0 Å². The normalized spacial score (nSPS) is 17.8. The van der Waals surface area contributed by atoms with E-state index in [1.54, 1.807) is 0 Å². The van der Waals surface area contributed by atoms with Gasteiger partial charge in [0.05, 0.1) is 0 Å². The summed E-state index contributed by atoms with van der Waals surface area (Å²) in [5.74, 6) is 0. The molecule has 1 aliphatic rings. The summed E-state index contributed by atoms with van der Waals surface area (Å²) in [5, 5.41) is 0. The van der Waals surface area contributed by atoms with Crippen molar-refractivity contribution in [2.75, 3.05) is 0 Å². The summed E-state index contributed by atoms with van der Waals surface area (Å²) >= 11 is 0. The van der Waals surface area contributed by atoms with Crippen molar-refractivity contribution in [1.82, 2.24) is 5.48 Å². The quantitative estimate of drug-likeness (QED) is 0.562. The summed E-state index contributed by atoms with van der Waals surface area (Å²) in [6, 6.07) is 9.93. The Balaban J connectivity index is 2.29. The zero-order valence-corrected chi connectivity index (χ0v) is 4.79. The van der Waals surface area contributed by atoms with Crippen LogP contribution in [0.2, 0.25) is 0 Å². The van der Waals surface area contributed by atoms with Crippen LogP contribution in [0.4, 0.5) is 0 Å². The number of benzene rings is 1. The van der Waals surface area contributed by atoms with Gasteiger partial charge in [-0.25, -0.2) is 0 Å². The molecule has 0 spiro atoms. The fourth-order valence-electron chi connectivity index (χ4n) is 0.733. The van der Waals surface area contributed by atoms with Crippen molar-refractivity contribution in [2.24, 2.45) is 0 Å². The minimum absolute atomic E-state index is 0.871. The second-order valence-corrected chi connectivity index (χ2v) is 1.90. The molecule has 0 aliphatic carbocycles. The predicted molar refractivity (Wildman–Crippen MR) is 33.0 cm³/mol. The molecule has 1 aliphatic heterocycles. The molecule has 1 N–H and O–H groups in total. The Morgan fingerprint density at radius 2 is 1.78 bits per heavy atom. The zero-order chi connectivity index (χ0) is 6.10. The maximum atomic E-state index is 4.76. The van der Waals surface area contributed by atoms with Crippen molar-refractivity contribution in [3.8, 4) is 0 Å². The van der Waals surface area contributed by atoms with Gasteiger partial charge in [-0.2, -0.15) is 5.48 Å². The second kappa shape index (κ2) is 1.83. The van der Waals surface area contributed by atoms with Gasteiger partial charge in [-0.05, 0) is 0 Å². The lowest BCUT2D eigenvalue weighted by molar-refractivity contribution is 0.417. The molecule has 0 aromatic heterocycles. The van der Waals surface area contributed by atoms with E-state index >= 15 is 0 Å². The highest BCUT2D eigenvalue weighted by Gasteiger charge is 2.25. The largest absolute Gasteiger partial charge is 0.264 e. The minimum atomic E-state index is 0.871. The molecule has 1 saturated heterocycles. The maximum Gasteiger partial charge on any atom is 0.238 e. The molecule has 2 heteroatoms. The summed E-state index contributed by atoms with van der Waals surface area (Å²) in [7, 11) is 0. The number of hydrogen-bond acceptors (Lipinski definition) is 2. The zero-order valence-electron chi connectivity index (χ0n) is 4.79. The van der Waals surface area contributed by atoms with Gasteiger partial charge in [-0.1, -0.05) is 30.3 Å². The molecule has 1 aromatic carbocycles. The van der Waals surface area contributed by atoms with E-state index in [1.165, 1.54) is 0 Å². The number of hydroxylamine groups is 1. The van der Waals surface area contributed by atoms with Gasteiger partial charge < -0.3 is 0 Å². The van der Waals surface area contributed by atoms with Crippen molar-refractivity contribution in [3.63, 3.8) is 0 Å². The molecule has 2 nitrogen and oxygen atoms in total. The SMILES string of the molecule is c1ccc([C]2NO2)cc1. The first-order chi connectivity index (χ1) is 4.47. The molecule has 9 heavy (non-hydrogen) atoms. The minimum Gasteiger partial charge on any atom is -0.264 e. The van der Waals surface area contributed by atoms with Crippen molar-refractivity contribution in [3.05, 3.63) is 42.1 Å². The summed E-state index contributed by atoms with van der Waals surface area (Å²) in [4.78, 5) is 4.76. The highest BCUT2D eigenvalue weighted by atomic mass is 16.8. The lowest BCUT2D eigenvalue weighted by atomic mass is 10.2. The van der Waals surface area contributed by atoms with E-state index < -0.39 is 0 Å². The Morgan fingerprint density at radius 3 is 2.33 bits per heavy atom. The van der Waals surface area contributed by atoms with Crippen LogP contribution in [0.5, 0.6) is 0 Å². The third-order valence-electron chi connectivity index (χ3n) is 1.24. The van der Waals surface area contributed by atoms with Crippen LogP contribution >= 0.6 is 0 Å². The van der Waals surface area contributed by atoms with Gasteiger partial charge in [0.25, 0.3) is 0 Å². The first-order valence-corrected chi connectivity index (χ1v) is 2.82. The van der Waals surface area contributed by atoms with E-state index in [9.17, 15) is 0 Å². The van der Waals surface area contributed by atoms with Gasteiger partial charge in [0.15, 0.2) is 0 Å². The summed E-state index contributed by atoms with van der Waals surface area (Å²) < 4.78 is 0. The van der Waals surface area contributed by atoms with Crippen LogP contribution < -0.4 is 5.48 Å². The van der Waals surface area contributed by atoms with Gasteiger partial charge in [-0.15, -0.1) is 0 Å². The van der Waals surface area contributed by atoms with E-state index in [2.05, 4.69) is 5.48 Å². The van der Waals surface area contributed by atoms with Crippen molar-refractivity contribution in [2.45, 2.75) is 0 Å². The molecule has 0 amide bonds. The van der Waals surface area contributed by atoms with Crippen molar-refractivity contribution < 1.29 is 4.84 Å². The molecule has 1 aromatic rings. The summed E-state index contributed by atoms with van der Waals surface area (Å²) in [6.45, 7) is 0. The molecule has 1 radical (unpaired) electrons. The van der Waals surface area contributed by atoms with Crippen LogP contribution in [0.3, 0.4) is 0 Å². The molecule has 0 saturated carbocycles. The molecule has 0 atom stereocenters. The smallest absolute Gasteiger partial charge is 0.238 e. The van der Waals surface area contributed by atoms with E-state index in [1.807, 2.05) is 30.3 Å². The van der Waals surface area contributed by atoms with Gasteiger partial charge in [-0.3, -0.25) is 4.84 Å².